The Labute approximate surface area is 184 Å². The van der Waals surface area contributed by atoms with Gasteiger partial charge < -0.3 is 0 Å². The van der Waals surface area contributed by atoms with Crippen molar-refractivity contribution in [2.75, 3.05) is 0 Å². The molecular formula is C24H46N6. The van der Waals surface area contributed by atoms with Crippen molar-refractivity contribution in [1.29, 1.82) is 0 Å². The van der Waals surface area contributed by atoms with E-state index in [9.17, 15) is 0 Å². The fourth-order valence-electron chi connectivity index (χ4n) is 4.13. The summed E-state index contributed by atoms with van der Waals surface area (Å²) < 4.78 is 2.04. The zero-order valence-electron chi connectivity index (χ0n) is 21.8. The topological polar surface area (TPSA) is 58.7 Å². The minimum absolute atomic E-state index is 0.00811. The molecule has 6 heteroatoms. The first-order valence-corrected chi connectivity index (χ1v) is 11.4. The minimum atomic E-state index is -0.107. The van der Waals surface area contributed by atoms with Gasteiger partial charge in [0.1, 0.15) is 6.04 Å². The maximum atomic E-state index is 4.83. The minimum Gasteiger partial charge on any atom is -0.268 e. The number of aromatic nitrogens is 3. The van der Waals surface area contributed by atoms with E-state index in [1.165, 1.54) is 0 Å². The second kappa shape index (κ2) is 7.59. The van der Waals surface area contributed by atoms with Gasteiger partial charge in [0, 0.05) is 11.6 Å². The van der Waals surface area contributed by atoms with Crippen LogP contribution in [-0.2, 0) is 11.0 Å². The summed E-state index contributed by atoms with van der Waals surface area (Å²) in [5.41, 5.74) is 0.996. The molecule has 1 aliphatic rings. The average Bonchev–Trinajstić information content (AvgIpc) is 3.19. The lowest BCUT2D eigenvalue weighted by Crippen LogP contribution is -2.55. The van der Waals surface area contributed by atoms with Gasteiger partial charge in [0.05, 0.1) is 22.8 Å². The normalized spacial score (nSPS) is 21.6. The van der Waals surface area contributed by atoms with Crippen LogP contribution in [0.3, 0.4) is 0 Å². The third-order valence-corrected chi connectivity index (χ3v) is 6.47. The van der Waals surface area contributed by atoms with Crippen molar-refractivity contribution in [3.05, 3.63) is 11.9 Å². The van der Waals surface area contributed by atoms with Gasteiger partial charge in [-0.05, 0) is 58.3 Å². The Kier molecular flexibility index (Phi) is 6.28. The smallest absolute Gasteiger partial charge is 0.101 e. The Morgan fingerprint density at radius 1 is 0.833 bits per heavy atom. The maximum absolute atomic E-state index is 4.83. The predicted octanol–water partition coefficient (Wildman–Crippen LogP) is 6.38. The van der Waals surface area contributed by atoms with Crippen molar-refractivity contribution < 1.29 is 0 Å². The summed E-state index contributed by atoms with van der Waals surface area (Å²) in [6.45, 7) is 29.3. The molecule has 0 aromatic carbocycles. The van der Waals surface area contributed by atoms with E-state index in [1.807, 2.05) is 4.68 Å². The second-order valence-corrected chi connectivity index (χ2v) is 13.6. The lowest BCUT2D eigenvalue weighted by atomic mass is 9.68. The van der Waals surface area contributed by atoms with Crippen molar-refractivity contribution in [3.63, 3.8) is 0 Å². The van der Waals surface area contributed by atoms with Crippen LogP contribution >= 0.6 is 0 Å². The van der Waals surface area contributed by atoms with Gasteiger partial charge in [-0.2, -0.15) is 5.11 Å². The van der Waals surface area contributed by atoms with Crippen LogP contribution < -0.4 is 0 Å². The van der Waals surface area contributed by atoms with Crippen molar-refractivity contribution in [1.82, 2.24) is 20.0 Å². The predicted molar refractivity (Wildman–Crippen MR) is 125 cm³/mol. The fourth-order valence-corrected chi connectivity index (χ4v) is 4.13. The van der Waals surface area contributed by atoms with E-state index in [0.717, 1.165) is 18.5 Å². The zero-order valence-corrected chi connectivity index (χ0v) is 21.8. The summed E-state index contributed by atoms with van der Waals surface area (Å²) in [7, 11) is 0. The van der Waals surface area contributed by atoms with Crippen molar-refractivity contribution in [3.8, 4) is 0 Å². The van der Waals surface area contributed by atoms with Gasteiger partial charge in [0.25, 0.3) is 0 Å². The van der Waals surface area contributed by atoms with Crippen LogP contribution in [0.25, 0.3) is 0 Å². The lowest BCUT2D eigenvalue weighted by molar-refractivity contribution is 0.0124. The Hall–Kier alpha value is -1.46. The summed E-state index contributed by atoms with van der Waals surface area (Å²) in [5.74, 6) is 0. The van der Waals surface area contributed by atoms with Crippen molar-refractivity contribution in [2.24, 2.45) is 21.2 Å². The molecule has 0 aliphatic carbocycles. The van der Waals surface area contributed by atoms with E-state index in [1.54, 1.807) is 0 Å². The van der Waals surface area contributed by atoms with Gasteiger partial charge >= 0.3 is 0 Å². The molecule has 1 aliphatic heterocycles. The molecule has 2 rings (SSSR count). The van der Waals surface area contributed by atoms with E-state index < -0.39 is 0 Å². The molecule has 0 saturated heterocycles. The summed E-state index contributed by atoms with van der Waals surface area (Å²) in [4.78, 5) is 0. The molecule has 30 heavy (non-hydrogen) atoms. The van der Waals surface area contributed by atoms with Gasteiger partial charge in [-0.3, -0.25) is 5.01 Å². The van der Waals surface area contributed by atoms with Gasteiger partial charge in [-0.1, -0.05) is 65.8 Å². The van der Waals surface area contributed by atoms with Gasteiger partial charge in [-0.25, -0.2) is 4.68 Å². The monoisotopic (exact) mass is 418 g/mol. The molecule has 172 valence electrons. The fraction of sp³-hybridized carbons (Fsp3) is 0.917. The van der Waals surface area contributed by atoms with Crippen LogP contribution in [0.15, 0.2) is 16.5 Å². The van der Waals surface area contributed by atoms with E-state index in [-0.39, 0.29) is 39.4 Å². The Morgan fingerprint density at radius 2 is 1.40 bits per heavy atom. The van der Waals surface area contributed by atoms with Crippen LogP contribution in [-0.4, -0.2) is 37.6 Å². The molecule has 0 saturated carbocycles. The van der Waals surface area contributed by atoms with Gasteiger partial charge in [0.2, 0.25) is 0 Å². The highest BCUT2D eigenvalue weighted by molar-refractivity contribution is 5.08. The van der Waals surface area contributed by atoms with Gasteiger partial charge in [-0.15, -0.1) is 5.10 Å². The molecule has 2 heterocycles. The molecule has 6 nitrogen and oxygen atoms in total. The number of hydrogen-bond acceptors (Lipinski definition) is 5. The first-order valence-electron chi connectivity index (χ1n) is 11.4. The summed E-state index contributed by atoms with van der Waals surface area (Å²) in [6.07, 6.45) is 4.16. The number of rotatable bonds is 5. The van der Waals surface area contributed by atoms with Crippen LogP contribution in [0, 0.1) is 10.8 Å². The molecule has 1 aromatic rings. The Bertz CT molecular complexity index is 752. The van der Waals surface area contributed by atoms with Crippen molar-refractivity contribution in [2.45, 2.75) is 131 Å². The van der Waals surface area contributed by atoms with E-state index in [0.29, 0.717) is 0 Å². The third-order valence-electron chi connectivity index (χ3n) is 6.47. The van der Waals surface area contributed by atoms with Crippen LogP contribution in [0.4, 0.5) is 0 Å². The van der Waals surface area contributed by atoms with Crippen molar-refractivity contribution >= 4 is 0 Å². The van der Waals surface area contributed by atoms with Gasteiger partial charge in [0.15, 0.2) is 0 Å². The molecule has 0 radical (unpaired) electrons. The average molecular weight is 419 g/mol. The third kappa shape index (κ3) is 5.23. The Balaban J connectivity index is 2.21. The molecule has 1 aromatic heterocycles. The molecule has 0 N–H and O–H groups in total. The van der Waals surface area contributed by atoms with E-state index in [2.05, 4.69) is 117 Å². The molecule has 0 bridgehead atoms. The lowest BCUT2D eigenvalue weighted by Gasteiger charge is -2.46. The SMILES string of the molecule is CC(C)(C)c1cn(C(C)(C)CCC(C)(C)C2N=NN(C(C)(C)C)C2C(C)(C)C)nn1. The van der Waals surface area contributed by atoms with E-state index >= 15 is 0 Å². The summed E-state index contributed by atoms with van der Waals surface area (Å²) in [6, 6.07) is 0.433. The summed E-state index contributed by atoms with van der Waals surface area (Å²) >= 11 is 0. The highest BCUT2D eigenvalue weighted by atomic mass is 15.6. The molecule has 2 atom stereocenters. The standard InChI is InChI=1S/C24H46N6/c1-20(2,3)17-16-29(27-25-17)24(12,13)15-14-23(10,11)18-19(21(4,5)6)30(28-26-18)22(7,8)9/h16,18-19H,14-15H2,1-13H3. The van der Waals surface area contributed by atoms with E-state index in [4.69, 9.17) is 5.11 Å². The molecule has 0 fully saturated rings. The van der Waals surface area contributed by atoms with Crippen LogP contribution in [0.5, 0.6) is 0 Å². The van der Waals surface area contributed by atoms with Crippen LogP contribution in [0.2, 0.25) is 0 Å². The maximum Gasteiger partial charge on any atom is 0.101 e. The molecular weight excluding hydrogens is 372 g/mol. The zero-order chi connectivity index (χ0) is 23.3. The first-order chi connectivity index (χ1) is 13.3. The highest BCUT2D eigenvalue weighted by Crippen LogP contribution is 2.46. The summed E-state index contributed by atoms with van der Waals surface area (Å²) in [5, 5.41) is 20.6. The highest BCUT2D eigenvalue weighted by Gasteiger charge is 2.50. The molecule has 0 spiro atoms. The molecule has 2 unspecified atom stereocenters. The Morgan fingerprint density at radius 3 is 1.83 bits per heavy atom. The quantitative estimate of drug-likeness (QED) is 0.557. The van der Waals surface area contributed by atoms with Crippen LogP contribution in [0.1, 0.15) is 109 Å². The first kappa shape index (κ1) is 24.8. The number of nitrogens with zero attached hydrogens (tertiary/aromatic N) is 6. The largest absolute Gasteiger partial charge is 0.268 e. The molecule has 0 amide bonds. The second-order valence-electron chi connectivity index (χ2n) is 13.6. The number of hydrogen-bond donors (Lipinski definition) is 0.